The number of hydrogen-bond donors (Lipinski definition) is 1. The van der Waals surface area contributed by atoms with Crippen LogP contribution in [0.15, 0.2) is 60.7 Å². The van der Waals surface area contributed by atoms with E-state index in [1.54, 1.807) is 18.2 Å². The highest BCUT2D eigenvalue weighted by Crippen LogP contribution is 2.49. The van der Waals surface area contributed by atoms with Crippen LogP contribution in [0.3, 0.4) is 0 Å². The first-order valence-electron chi connectivity index (χ1n) is 12.3. The van der Waals surface area contributed by atoms with E-state index in [2.05, 4.69) is 14.8 Å². The second-order valence-corrected chi connectivity index (χ2v) is 9.98. The van der Waals surface area contributed by atoms with Crippen molar-refractivity contribution in [1.82, 2.24) is 5.32 Å². The van der Waals surface area contributed by atoms with Crippen LogP contribution in [0.25, 0.3) is 0 Å². The number of nitrogens with one attached hydrogen (secondary N) is 1. The van der Waals surface area contributed by atoms with Crippen molar-refractivity contribution in [3.63, 3.8) is 0 Å². The summed E-state index contributed by atoms with van der Waals surface area (Å²) >= 11 is 0. The topological polar surface area (TPSA) is 83.1 Å². The number of rotatable bonds is 4. The molecule has 3 aromatic carbocycles. The van der Waals surface area contributed by atoms with Crippen molar-refractivity contribution in [3.8, 4) is 17.2 Å². The largest absolute Gasteiger partial charge is 0.586 e. The molecule has 0 radical (unpaired) electrons. The molecular weight excluding hydrogens is 496 g/mol. The van der Waals surface area contributed by atoms with Crippen molar-refractivity contribution in [1.29, 1.82) is 0 Å². The number of halogens is 2. The minimum Gasteiger partial charge on any atom is -0.485 e. The van der Waals surface area contributed by atoms with Gasteiger partial charge in [0.25, 0.3) is 0 Å². The van der Waals surface area contributed by atoms with Crippen LogP contribution in [0.5, 0.6) is 17.2 Å². The van der Waals surface area contributed by atoms with E-state index in [9.17, 15) is 18.4 Å². The third-order valence-electron chi connectivity index (χ3n) is 7.64. The molecule has 1 amide bonds. The van der Waals surface area contributed by atoms with Gasteiger partial charge in [0, 0.05) is 12.0 Å². The second-order valence-electron chi connectivity index (χ2n) is 9.98. The molecule has 0 fully saturated rings. The lowest BCUT2D eigenvalue weighted by Crippen LogP contribution is -2.44. The average molecular weight is 522 g/mol. The zero-order chi connectivity index (χ0) is 26.7. The van der Waals surface area contributed by atoms with Crippen LogP contribution in [0.4, 0.5) is 8.78 Å². The zero-order valence-corrected chi connectivity index (χ0v) is 20.8. The van der Waals surface area contributed by atoms with Crippen LogP contribution in [0.1, 0.15) is 64.5 Å². The summed E-state index contributed by atoms with van der Waals surface area (Å²) in [5, 5.41) is 3.21. The van der Waals surface area contributed by atoms with Gasteiger partial charge in [-0.1, -0.05) is 30.3 Å². The summed E-state index contributed by atoms with van der Waals surface area (Å²) in [5.41, 5.74) is 2.66. The van der Waals surface area contributed by atoms with E-state index in [4.69, 9.17) is 9.47 Å². The number of para-hydroxylation sites is 1. The Kier molecular flexibility index (Phi) is 5.55. The second kappa shape index (κ2) is 8.72. The average Bonchev–Trinajstić information content (AvgIpc) is 3.41. The fourth-order valence-corrected chi connectivity index (χ4v) is 5.54. The van der Waals surface area contributed by atoms with E-state index in [-0.39, 0.29) is 29.6 Å². The van der Waals surface area contributed by atoms with Gasteiger partial charge in [0.05, 0.1) is 24.1 Å². The summed E-state index contributed by atoms with van der Waals surface area (Å²) in [5.74, 6) is -0.0515. The Balaban J connectivity index is 1.27. The van der Waals surface area contributed by atoms with Crippen molar-refractivity contribution in [3.05, 3.63) is 88.5 Å². The molecule has 2 heterocycles. The third-order valence-corrected chi connectivity index (χ3v) is 7.64. The molecule has 1 aliphatic carbocycles. The molecule has 9 heteroatoms. The number of hydrogen-bond acceptors (Lipinski definition) is 6. The van der Waals surface area contributed by atoms with Gasteiger partial charge in [0.1, 0.15) is 11.9 Å². The summed E-state index contributed by atoms with van der Waals surface area (Å²) in [7, 11) is 1.33. The number of carbonyl (C=O) groups excluding carboxylic acids is 2. The van der Waals surface area contributed by atoms with Gasteiger partial charge in [-0.2, -0.15) is 0 Å². The normalized spacial score (nSPS) is 24.1. The molecule has 3 atom stereocenters. The highest BCUT2D eigenvalue weighted by Gasteiger charge is 2.48. The molecule has 1 N–H and O–H groups in total. The van der Waals surface area contributed by atoms with Crippen molar-refractivity contribution >= 4 is 11.9 Å². The predicted molar refractivity (Wildman–Crippen MR) is 131 cm³/mol. The monoisotopic (exact) mass is 521 g/mol. The van der Waals surface area contributed by atoms with E-state index >= 15 is 0 Å². The Hall–Kier alpha value is -4.14. The molecule has 3 aromatic rings. The highest BCUT2D eigenvalue weighted by atomic mass is 19.3. The first-order chi connectivity index (χ1) is 18.2. The summed E-state index contributed by atoms with van der Waals surface area (Å²) in [4.78, 5) is 25.6. The molecule has 7 nitrogen and oxygen atoms in total. The Labute approximate surface area is 217 Å². The Morgan fingerprint density at radius 1 is 1.00 bits per heavy atom. The minimum absolute atomic E-state index is 0.0159. The number of alkyl halides is 2. The first-order valence-corrected chi connectivity index (χ1v) is 12.3. The van der Waals surface area contributed by atoms with Crippen LogP contribution in [-0.2, 0) is 21.4 Å². The van der Waals surface area contributed by atoms with Crippen LogP contribution >= 0.6 is 0 Å². The van der Waals surface area contributed by atoms with Gasteiger partial charge in [-0.15, -0.1) is 8.78 Å². The van der Waals surface area contributed by atoms with Gasteiger partial charge in [0.2, 0.25) is 5.91 Å². The standard InChI is InChI=1S/C29H25F2NO6/c1-28(12-11-18-13-24-25(14-20(18)28)38-29(30,31)37-24)27(34)32-21-15-23(36-22-6-4-3-5-19(21)22)16-7-9-17(10-8-16)26(33)35-2/h3-10,13-14,21,23H,11-12,15H2,1-2H3,(H,32,34)/t21-,23-,28?/m1/s1. The van der Waals surface area contributed by atoms with Gasteiger partial charge in [-0.3, -0.25) is 4.79 Å². The van der Waals surface area contributed by atoms with Gasteiger partial charge in [-0.05, 0) is 66.8 Å². The van der Waals surface area contributed by atoms with E-state index < -0.39 is 17.7 Å². The number of esters is 1. The number of carbonyl (C=O) groups is 2. The fourth-order valence-electron chi connectivity index (χ4n) is 5.54. The molecule has 3 aliphatic rings. The van der Waals surface area contributed by atoms with Gasteiger partial charge in [0.15, 0.2) is 11.5 Å². The zero-order valence-electron chi connectivity index (χ0n) is 20.8. The minimum atomic E-state index is -3.72. The van der Waals surface area contributed by atoms with E-state index in [0.29, 0.717) is 36.1 Å². The van der Waals surface area contributed by atoms with Crippen molar-refractivity contribution < 1.29 is 37.3 Å². The number of methoxy groups -OCH3 is 1. The Morgan fingerprint density at radius 3 is 2.45 bits per heavy atom. The molecule has 196 valence electrons. The molecule has 0 aromatic heterocycles. The molecule has 0 spiro atoms. The molecule has 0 bridgehead atoms. The van der Waals surface area contributed by atoms with E-state index in [1.165, 1.54) is 13.2 Å². The van der Waals surface area contributed by atoms with Crippen molar-refractivity contribution in [2.75, 3.05) is 7.11 Å². The summed E-state index contributed by atoms with van der Waals surface area (Å²) < 4.78 is 47.5. The van der Waals surface area contributed by atoms with E-state index in [1.807, 2.05) is 43.3 Å². The lowest BCUT2D eigenvalue weighted by molar-refractivity contribution is -0.286. The molecule has 0 saturated carbocycles. The molecule has 2 aliphatic heterocycles. The maximum atomic E-state index is 13.8. The van der Waals surface area contributed by atoms with Crippen LogP contribution < -0.4 is 19.5 Å². The lowest BCUT2D eigenvalue weighted by Gasteiger charge is -2.35. The van der Waals surface area contributed by atoms with Crippen molar-refractivity contribution in [2.24, 2.45) is 0 Å². The molecular formula is C29H25F2NO6. The molecule has 38 heavy (non-hydrogen) atoms. The smallest absolute Gasteiger partial charge is 0.485 e. The van der Waals surface area contributed by atoms with Gasteiger partial charge in [-0.25, -0.2) is 4.79 Å². The Morgan fingerprint density at radius 2 is 1.71 bits per heavy atom. The van der Waals surface area contributed by atoms with Crippen LogP contribution in [0, 0.1) is 0 Å². The van der Waals surface area contributed by atoms with Gasteiger partial charge >= 0.3 is 12.3 Å². The van der Waals surface area contributed by atoms with Crippen LogP contribution in [-0.4, -0.2) is 25.3 Å². The third kappa shape index (κ3) is 4.02. The van der Waals surface area contributed by atoms with Crippen LogP contribution in [0.2, 0.25) is 0 Å². The lowest BCUT2D eigenvalue weighted by atomic mass is 9.82. The number of aryl methyl sites for hydroxylation is 1. The van der Waals surface area contributed by atoms with E-state index in [0.717, 1.165) is 16.7 Å². The highest BCUT2D eigenvalue weighted by molar-refractivity contribution is 5.90. The predicted octanol–water partition coefficient (Wildman–Crippen LogP) is 5.38. The molecule has 1 unspecified atom stereocenters. The molecule has 6 rings (SSSR count). The number of ether oxygens (including phenoxy) is 4. The number of fused-ring (bicyclic) bond motifs is 3. The quantitative estimate of drug-likeness (QED) is 0.465. The summed E-state index contributed by atoms with van der Waals surface area (Å²) in [6.45, 7) is 1.82. The van der Waals surface area contributed by atoms with Gasteiger partial charge < -0.3 is 24.3 Å². The fraction of sp³-hybridized carbons (Fsp3) is 0.310. The maximum absolute atomic E-state index is 13.8. The maximum Gasteiger partial charge on any atom is 0.586 e. The summed E-state index contributed by atoms with van der Waals surface area (Å²) in [6, 6.07) is 17.2. The SMILES string of the molecule is COC(=O)c1ccc([C@H]2C[C@@H](NC(=O)C3(C)CCc4cc5c(cc43)OC(F)(F)O5)c3ccccc3O2)cc1. The Bertz CT molecular complexity index is 1440. The number of benzene rings is 3. The summed E-state index contributed by atoms with van der Waals surface area (Å²) in [6.07, 6.45) is -2.53. The first kappa shape index (κ1) is 24.2. The van der Waals surface area contributed by atoms with Crippen molar-refractivity contribution in [2.45, 2.75) is 50.0 Å². The molecule has 0 saturated heterocycles. The number of amides is 1.